The van der Waals surface area contributed by atoms with E-state index in [2.05, 4.69) is 10.6 Å². The van der Waals surface area contributed by atoms with E-state index in [1.807, 2.05) is 6.07 Å². The van der Waals surface area contributed by atoms with Crippen LogP contribution in [0.3, 0.4) is 0 Å². The molecule has 2 aliphatic heterocycles. The Bertz CT molecular complexity index is 1200. The molecule has 1 N–H and O–H groups in total. The molecular formula is C26H26N4O6. The summed E-state index contributed by atoms with van der Waals surface area (Å²) in [6, 6.07) is 17.2. The van der Waals surface area contributed by atoms with Gasteiger partial charge in [0.05, 0.1) is 18.2 Å². The second-order valence-corrected chi connectivity index (χ2v) is 8.19. The highest BCUT2D eigenvalue weighted by atomic mass is 16.7. The van der Waals surface area contributed by atoms with Gasteiger partial charge in [-0.05, 0) is 44.0 Å². The largest absolute Gasteiger partial charge is 0.466 e. The van der Waals surface area contributed by atoms with Gasteiger partial charge in [0.1, 0.15) is 5.71 Å². The lowest BCUT2D eigenvalue weighted by molar-refractivity contribution is -0.150. The van der Waals surface area contributed by atoms with E-state index in [0.29, 0.717) is 25.1 Å². The monoisotopic (exact) mass is 490 g/mol. The Morgan fingerprint density at radius 1 is 1.11 bits per heavy atom. The predicted molar refractivity (Wildman–Crippen MR) is 130 cm³/mol. The molecule has 2 aromatic rings. The minimum atomic E-state index is -0.741. The van der Waals surface area contributed by atoms with Gasteiger partial charge in [-0.3, -0.25) is 14.4 Å². The summed E-state index contributed by atoms with van der Waals surface area (Å²) in [5.41, 5.74) is 3.11. The van der Waals surface area contributed by atoms with E-state index >= 15 is 0 Å². The van der Waals surface area contributed by atoms with Gasteiger partial charge >= 0.3 is 11.9 Å². The second kappa shape index (κ2) is 11.4. The minimum Gasteiger partial charge on any atom is -0.466 e. The van der Waals surface area contributed by atoms with Crippen LogP contribution in [-0.2, 0) is 24.0 Å². The molecule has 0 radical (unpaired) electrons. The number of amides is 2. The minimum absolute atomic E-state index is 0.0203. The van der Waals surface area contributed by atoms with Gasteiger partial charge in [-0.2, -0.15) is 0 Å². The van der Waals surface area contributed by atoms with Gasteiger partial charge in [0.25, 0.3) is 11.8 Å². The fourth-order valence-corrected chi connectivity index (χ4v) is 3.97. The number of ether oxygens (including phenoxy) is 1. The molecule has 0 aliphatic carbocycles. The molecular weight excluding hydrogens is 464 g/mol. The van der Waals surface area contributed by atoms with Crippen LogP contribution in [0.1, 0.15) is 30.1 Å². The van der Waals surface area contributed by atoms with Crippen molar-refractivity contribution in [2.24, 2.45) is 10.9 Å². The molecule has 0 spiro atoms. The van der Waals surface area contributed by atoms with E-state index in [-0.39, 0.29) is 36.1 Å². The molecule has 10 heteroatoms. The molecule has 4 rings (SSSR count). The molecule has 2 fully saturated rings. The first-order valence-electron chi connectivity index (χ1n) is 11.7. The van der Waals surface area contributed by atoms with Crippen molar-refractivity contribution in [3.8, 4) is 0 Å². The number of aliphatic imine (C=N–C) groups is 1. The van der Waals surface area contributed by atoms with Gasteiger partial charge in [-0.25, -0.2) is 14.8 Å². The SMILES string of the molecule is CCOC(=O)C1CCCN(C(=O)C(/C=C2\C(=O)ONN2c2ccccc2)=NC(=O)c2ccccc2)C1. The molecule has 0 saturated carbocycles. The van der Waals surface area contributed by atoms with Gasteiger partial charge in [0, 0.05) is 24.7 Å². The van der Waals surface area contributed by atoms with Crippen LogP contribution in [0.15, 0.2) is 77.4 Å². The maximum absolute atomic E-state index is 13.6. The number of esters is 1. The van der Waals surface area contributed by atoms with Crippen molar-refractivity contribution in [3.63, 3.8) is 0 Å². The Morgan fingerprint density at radius 3 is 2.50 bits per heavy atom. The van der Waals surface area contributed by atoms with Gasteiger partial charge < -0.3 is 14.5 Å². The van der Waals surface area contributed by atoms with Crippen LogP contribution in [0.5, 0.6) is 0 Å². The number of para-hydroxylation sites is 1. The highest BCUT2D eigenvalue weighted by Gasteiger charge is 2.34. The summed E-state index contributed by atoms with van der Waals surface area (Å²) in [5.74, 6) is -2.80. The quantitative estimate of drug-likeness (QED) is 0.373. The highest BCUT2D eigenvalue weighted by Crippen LogP contribution is 2.23. The summed E-state index contributed by atoms with van der Waals surface area (Å²) in [7, 11) is 0. The number of anilines is 1. The standard InChI is InChI=1S/C26H26N4O6/c1-2-35-25(33)19-12-9-15-29(17-19)24(32)21(27-23(31)18-10-5-3-6-11-18)16-22-26(34)36-28-30(22)20-13-7-4-8-14-20/h3-8,10-11,13-14,16,19,28H,2,9,12,15,17H2,1H3/b22-16+,27-21?. The first-order valence-corrected chi connectivity index (χ1v) is 11.7. The topological polar surface area (TPSA) is 118 Å². The molecule has 0 aromatic heterocycles. The summed E-state index contributed by atoms with van der Waals surface area (Å²) < 4.78 is 5.13. The number of nitrogens with one attached hydrogen (secondary N) is 1. The molecule has 2 saturated heterocycles. The van der Waals surface area contributed by atoms with Crippen LogP contribution in [0.4, 0.5) is 5.69 Å². The Kier molecular flexibility index (Phi) is 7.86. The molecule has 2 aliphatic rings. The Morgan fingerprint density at radius 2 is 1.81 bits per heavy atom. The van der Waals surface area contributed by atoms with Crippen LogP contribution in [-0.4, -0.2) is 54.1 Å². The summed E-state index contributed by atoms with van der Waals surface area (Å²) in [5, 5.41) is 1.36. The van der Waals surface area contributed by atoms with Crippen molar-refractivity contribution in [1.29, 1.82) is 0 Å². The van der Waals surface area contributed by atoms with Gasteiger partial charge in [0.15, 0.2) is 5.70 Å². The van der Waals surface area contributed by atoms with E-state index in [1.54, 1.807) is 61.5 Å². The fraction of sp³-hybridized carbons (Fsp3) is 0.269. The lowest BCUT2D eigenvalue weighted by atomic mass is 9.97. The third kappa shape index (κ3) is 5.66. The van der Waals surface area contributed by atoms with E-state index < -0.39 is 23.7 Å². The van der Waals surface area contributed by atoms with Crippen molar-refractivity contribution >= 4 is 35.2 Å². The van der Waals surface area contributed by atoms with Crippen molar-refractivity contribution < 1.29 is 28.8 Å². The summed E-state index contributed by atoms with van der Waals surface area (Å²) >= 11 is 0. The number of piperidine rings is 1. The average molecular weight is 491 g/mol. The van der Waals surface area contributed by atoms with Crippen LogP contribution >= 0.6 is 0 Å². The van der Waals surface area contributed by atoms with E-state index in [0.717, 1.165) is 0 Å². The van der Waals surface area contributed by atoms with Crippen LogP contribution in [0, 0.1) is 5.92 Å². The number of hydrazine groups is 1. The Hall–Kier alpha value is -4.31. The maximum atomic E-state index is 13.6. The smallest absolute Gasteiger partial charge is 0.376 e. The lowest BCUT2D eigenvalue weighted by Gasteiger charge is -2.31. The molecule has 2 amide bonds. The van der Waals surface area contributed by atoms with Crippen molar-refractivity contribution in [3.05, 3.63) is 78.0 Å². The molecule has 1 atom stereocenters. The molecule has 2 heterocycles. The van der Waals surface area contributed by atoms with Crippen LogP contribution < -0.4 is 10.6 Å². The van der Waals surface area contributed by atoms with E-state index in [4.69, 9.17) is 9.57 Å². The van der Waals surface area contributed by atoms with Crippen LogP contribution in [0.2, 0.25) is 0 Å². The third-order valence-electron chi connectivity index (χ3n) is 5.76. The van der Waals surface area contributed by atoms with Crippen molar-refractivity contribution in [2.75, 3.05) is 24.7 Å². The fourth-order valence-electron chi connectivity index (χ4n) is 3.97. The molecule has 36 heavy (non-hydrogen) atoms. The molecule has 10 nitrogen and oxygen atoms in total. The molecule has 2 aromatic carbocycles. The number of rotatable bonds is 6. The third-order valence-corrected chi connectivity index (χ3v) is 5.76. The Labute approximate surface area is 208 Å². The summed E-state index contributed by atoms with van der Waals surface area (Å²) in [6.07, 6.45) is 2.41. The molecule has 186 valence electrons. The lowest BCUT2D eigenvalue weighted by Crippen LogP contribution is -2.45. The average Bonchev–Trinajstić information content (AvgIpc) is 3.28. The Balaban J connectivity index is 1.69. The number of benzene rings is 2. The first kappa shape index (κ1) is 24.8. The number of carbonyl (C=O) groups is 4. The first-order chi connectivity index (χ1) is 17.5. The predicted octanol–water partition coefficient (Wildman–Crippen LogP) is 2.44. The normalized spacial score (nSPS) is 19.2. The summed E-state index contributed by atoms with van der Waals surface area (Å²) in [4.78, 5) is 61.8. The number of carbonyl (C=O) groups excluding carboxylic acids is 4. The van der Waals surface area contributed by atoms with E-state index in [1.165, 1.54) is 16.0 Å². The van der Waals surface area contributed by atoms with E-state index in [9.17, 15) is 19.2 Å². The van der Waals surface area contributed by atoms with Crippen molar-refractivity contribution in [2.45, 2.75) is 19.8 Å². The molecule has 1 unspecified atom stereocenters. The van der Waals surface area contributed by atoms with Crippen molar-refractivity contribution in [1.82, 2.24) is 10.5 Å². The zero-order chi connectivity index (χ0) is 25.5. The number of nitrogens with zero attached hydrogens (tertiary/aromatic N) is 3. The highest BCUT2D eigenvalue weighted by molar-refractivity contribution is 6.45. The van der Waals surface area contributed by atoms with Gasteiger partial charge in [-0.1, -0.05) is 42.0 Å². The summed E-state index contributed by atoms with van der Waals surface area (Å²) in [6.45, 7) is 2.48. The van der Waals surface area contributed by atoms with Gasteiger partial charge in [0.2, 0.25) is 0 Å². The second-order valence-electron chi connectivity index (χ2n) is 8.19. The number of hydrogen-bond donors (Lipinski definition) is 1. The number of likely N-dealkylation sites (tertiary alicyclic amines) is 1. The van der Waals surface area contributed by atoms with Gasteiger partial charge in [-0.15, -0.1) is 0 Å². The maximum Gasteiger partial charge on any atom is 0.376 e. The van der Waals surface area contributed by atoms with Crippen LogP contribution in [0.25, 0.3) is 0 Å². The number of hydrogen-bond acceptors (Lipinski definition) is 8. The zero-order valence-corrected chi connectivity index (χ0v) is 19.8. The molecule has 0 bridgehead atoms. The zero-order valence-electron chi connectivity index (χ0n) is 19.8.